The second-order valence-corrected chi connectivity index (χ2v) is 5.51. The van der Waals surface area contributed by atoms with Crippen molar-refractivity contribution >= 4 is 11.9 Å². The maximum Gasteiger partial charge on any atom is 0.307 e. The van der Waals surface area contributed by atoms with E-state index in [2.05, 4.69) is 5.10 Å². The minimum atomic E-state index is -0.853. The molecule has 1 heterocycles. The first-order valence-corrected chi connectivity index (χ1v) is 6.95. The summed E-state index contributed by atoms with van der Waals surface area (Å²) in [5.41, 5.74) is 0.811. The second kappa shape index (κ2) is 6.07. The molecule has 0 aromatic carbocycles. The van der Waals surface area contributed by atoms with Crippen LogP contribution in [0.5, 0.6) is 0 Å². The maximum atomic E-state index is 12.5. The average Bonchev–Trinajstić information content (AvgIpc) is 2.83. The van der Waals surface area contributed by atoms with Crippen LogP contribution in [-0.4, -0.2) is 38.7 Å². The molecule has 1 saturated carbocycles. The summed E-state index contributed by atoms with van der Waals surface area (Å²) in [6, 6.07) is 1.86. The number of hydrogen-bond donors (Lipinski definition) is 1. The van der Waals surface area contributed by atoms with Gasteiger partial charge in [-0.25, -0.2) is 0 Å². The third-order valence-corrected chi connectivity index (χ3v) is 3.94. The molecule has 0 saturated heterocycles. The summed E-state index contributed by atoms with van der Waals surface area (Å²) in [4.78, 5) is 25.3. The van der Waals surface area contributed by atoms with E-state index in [4.69, 9.17) is 0 Å². The lowest BCUT2D eigenvalue weighted by molar-refractivity contribution is -0.152. The quantitative estimate of drug-likeness (QED) is 0.900. The van der Waals surface area contributed by atoms with Crippen molar-refractivity contribution in [3.63, 3.8) is 0 Å². The van der Waals surface area contributed by atoms with Crippen molar-refractivity contribution in [2.45, 2.75) is 32.2 Å². The number of carbonyl (C=O) groups excluding carboxylic acids is 1. The third kappa shape index (κ3) is 3.18. The van der Waals surface area contributed by atoms with E-state index in [0.717, 1.165) is 18.5 Å². The SMILES string of the molecule is CN(Cc1ccn(C)n1)C(=O)[C@H]1CCCC[C@H]1C(=O)O. The fourth-order valence-corrected chi connectivity index (χ4v) is 2.87. The van der Waals surface area contributed by atoms with Gasteiger partial charge in [-0.2, -0.15) is 5.10 Å². The molecule has 0 spiro atoms. The lowest BCUT2D eigenvalue weighted by Crippen LogP contribution is -2.40. The van der Waals surface area contributed by atoms with E-state index in [0.29, 0.717) is 19.4 Å². The van der Waals surface area contributed by atoms with Crippen LogP contribution in [0, 0.1) is 11.8 Å². The molecule has 1 aliphatic rings. The van der Waals surface area contributed by atoms with Crippen LogP contribution in [0.4, 0.5) is 0 Å². The summed E-state index contributed by atoms with van der Waals surface area (Å²) in [7, 11) is 3.54. The van der Waals surface area contributed by atoms with E-state index in [1.165, 1.54) is 0 Å². The molecule has 6 nitrogen and oxygen atoms in total. The van der Waals surface area contributed by atoms with Crippen LogP contribution < -0.4 is 0 Å². The Hall–Kier alpha value is -1.85. The minimum Gasteiger partial charge on any atom is -0.481 e. The van der Waals surface area contributed by atoms with Gasteiger partial charge in [0, 0.05) is 20.3 Å². The molecule has 110 valence electrons. The van der Waals surface area contributed by atoms with E-state index in [1.54, 1.807) is 16.6 Å². The number of carboxylic acid groups (broad SMARTS) is 1. The zero-order valence-corrected chi connectivity index (χ0v) is 12.0. The van der Waals surface area contributed by atoms with Gasteiger partial charge in [0.05, 0.1) is 24.1 Å². The lowest BCUT2D eigenvalue weighted by atomic mass is 9.78. The molecule has 0 bridgehead atoms. The van der Waals surface area contributed by atoms with Gasteiger partial charge >= 0.3 is 5.97 Å². The molecule has 1 N–H and O–H groups in total. The first kappa shape index (κ1) is 14.6. The highest BCUT2D eigenvalue weighted by Crippen LogP contribution is 2.31. The van der Waals surface area contributed by atoms with Crippen LogP contribution in [-0.2, 0) is 23.2 Å². The van der Waals surface area contributed by atoms with E-state index in [9.17, 15) is 14.7 Å². The molecule has 1 aliphatic carbocycles. The highest BCUT2D eigenvalue weighted by atomic mass is 16.4. The fourth-order valence-electron chi connectivity index (χ4n) is 2.87. The van der Waals surface area contributed by atoms with Crippen molar-refractivity contribution in [3.05, 3.63) is 18.0 Å². The number of rotatable bonds is 4. The molecule has 1 aromatic rings. The number of aryl methyl sites for hydroxylation is 1. The smallest absolute Gasteiger partial charge is 0.307 e. The maximum absolute atomic E-state index is 12.5. The highest BCUT2D eigenvalue weighted by Gasteiger charge is 2.37. The third-order valence-electron chi connectivity index (χ3n) is 3.94. The number of hydrogen-bond acceptors (Lipinski definition) is 3. The number of carbonyl (C=O) groups is 2. The molecule has 1 aromatic heterocycles. The summed E-state index contributed by atoms with van der Waals surface area (Å²) in [5, 5.41) is 13.5. The van der Waals surface area contributed by atoms with E-state index in [-0.39, 0.29) is 5.91 Å². The largest absolute Gasteiger partial charge is 0.481 e. The fraction of sp³-hybridized carbons (Fsp3) is 0.643. The van der Waals surface area contributed by atoms with Gasteiger partial charge in [-0.3, -0.25) is 14.3 Å². The topological polar surface area (TPSA) is 75.4 Å². The molecule has 20 heavy (non-hydrogen) atoms. The standard InChI is InChI=1S/C14H21N3O3/c1-16(9-10-7-8-17(2)15-10)13(18)11-5-3-4-6-12(11)14(19)20/h7-8,11-12H,3-6,9H2,1-2H3,(H,19,20)/t11-,12+/m0/s1. The van der Waals surface area contributed by atoms with Gasteiger partial charge in [0.25, 0.3) is 0 Å². The molecular weight excluding hydrogens is 258 g/mol. The van der Waals surface area contributed by atoms with E-state index >= 15 is 0 Å². The first-order valence-electron chi connectivity index (χ1n) is 6.95. The van der Waals surface area contributed by atoms with Gasteiger partial charge < -0.3 is 10.0 Å². The number of nitrogens with zero attached hydrogens (tertiary/aromatic N) is 3. The van der Waals surface area contributed by atoms with Crippen LogP contribution in [0.3, 0.4) is 0 Å². The van der Waals surface area contributed by atoms with Crippen molar-refractivity contribution in [3.8, 4) is 0 Å². The summed E-state index contributed by atoms with van der Waals surface area (Å²) in [6.45, 7) is 0.419. The Morgan fingerprint density at radius 2 is 2.05 bits per heavy atom. The monoisotopic (exact) mass is 279 g/mol. The first-order chi connectivity index (χ1) is 9.49. The molecule has 6 heteroatoms. The molecule has 1 amide bonds. The molecule has 2 rings (SSSR count). The molecule has 2 atom stereocenters. The van der Waals surface area contributed by atoms with Crippen LogP contribution in [0.1, 0.15) is 31.4 Å². The number of amides is 1. The summed E-state index contributed by atoms with van der Waals surface area (Å²) >= 11 is 0. The Labute approximate surface area is 118 Å². The van der Waals surface area contributed by atoms with Gasteiger partial charge in [0.15, 0.2) is 0 Å². The Kier molecular flexibility index (Phi) is 4.42. The molecule has 0 radical (unpaired) electrons. The number of aliphatic carboxylic acids is 1. The second-order valence-electron chi connectivity index (χ2n) is 5.51. The van der Waals surface area contributed by atoms with Gasteiger partial charge in [-0.1, -0.05) is 12.8 Å². The van der Waals surface area contributed by atoms with Crippen molar-refractivity contribution in [1.82, 2.24) is 14.7 Å². The average molecular weight is 279 g/mol. The lowest BCUT2D eigenvalue weighted by Gasteiger charge is -2.30. The van der Waals surface area contributed by atoms with Crippen molar-refractivity contribution in [2.75, 3.05) is 7.05 Å². The normalized spacial score (nSPS) is 22.5. The minimum absolute atomic E-state index is 0.0808. The highest BCUT2D eigenvalue weighted by molar-refractivity contribution is 5.84. The summed E-state index contributed by atoms with van der Waals surface area (Å²) in [5.74, 6) is -1.87. The van der Waals surface area contributed by atoms with Crippen LogP contribution >= 0.6 is 0 Å². The van der Waals surface area contributed by atoms with Crippen LogP contribution in [0.2, 0.25) is 0 Å². The van der Waals surface area contributed by atoms with Gasteiger partial charge in [0.2, 0.25) is 5.91 Å². The Morgan fingerprint density at radius 3 is 2.60 bits per heavy atom. The predicted octanol–water partition coefficient (Wildman–Crippen LogP) is 1.27. The van der Waals surface area contributed by atoms with E-state index in [1.807, 2.05) is 19.3 Å². The predicted molar refractivity (Wildman–Crippen MR) is 72.8 cm³/mol. The summed E-state index contributed by atoms with van der Waals surface area (Å²) < 4.78 is 1.69. The molecule has 0 aliphatic heterocycles. The zero-order valence-electron chi connectivity index (χ0n) is 12.0. The molecule has 0 unspecified atom stereocenters. The summed E-state index contributed by atoms with van der Waals surface area (Å²) in [6.07, 6.45) is 4.92. The van der Waals surface area contributed by atoms with Crippen molar-refractivity contribution in [1.29, 1.82) is 0 Å². The Balaban J connectivity index is 2.02. The number of carboxylic acids is 1. The Morgan fingerprint density at radius 1 is 1.40 bits per heavy atom. The number of aromatic nitrogens is 2. The molecular formula is C14H21N3O3. The van der Waals surface area contributed by atoms with Crippen molar-refractivity contribution < 1.29 is 14.7 Å². The molecule has 1 fully saturated rings. The van der Waals surface area contributed by atoms with Gasteiger partial charge in [-0.05, 0) is 18.9 Å². The van der Waals surface area contributed by atoms with Crippen LogP contribution in [0.15, 0.2) is 12.3 Å². The van der Waals surface area contributed by atoms with Crippen LogP contribution in [0.25, 0.3) is 0 Å². The van der Waals surface area contributed by atoms with Crippen molar-refractivity contribution in [2.24, 2.45) is 18.9 Å². The van der Waals surface area contributed by atoms with Gasteiger partial charge in [0.1, 0.15) is 0 Å². The zero-order chi connectivity index (χ0) is 14.7. The van der Waals surface area contributed by atoms with E-state index < -0.39 is 17.8 Å². The van der Waals surface area contributed by atoms with Gasteiger partial charge in [-0.15, -0.1) is 0 Å². The Bertz CT molecular complexity index is 498.